The van der Waals surface area contributed by atoms with Crippen molar-refractivity contribution in [1.29, 1.82) is 0 Å². The number of rotatable bonds is 8. The van der Waals surface area contributed by atoms with E-state index in [1.54, 1.807) is 7.05 Å². The molecule has 0 saturated carbocycles. The highest BCUT2D eigenvalue weighted by Crippen LogP contribution is 2.46. The number of β-amino-alcohol motifs (C(OH)–C–C–N with tert-alkyl or cyclic N) is 1. The van der Waals surface area contributed by atoms with Crippen LogP contribution in [-0.2, 0) is 18.4 Å². The van der Waals surface area contributed by atoms with Crippen molar-refractivity contribution in [2.75, 3.05) is 20.2 Å². The molecular formula is C28H52N4O9Si2. The lowest BCUT2D eigenvalue weighted by atomic mass is 9.98. The highest BCUT2D eigenvalue weighted by Gasteiger charge is 2.58. The van der Waals surface area contributed by atoms with Gasteiger partial charge in [-0.3, -0.25) is 24.0 Å². The maximum absolute atomic E-state index is 13.4. The summed E-state index contributed by atoms with van der Waals surface area (Å²) in [6, 6.07) is -0.871. The normalized spacial score (nSPS) is 30.7. The van der Waals surface area contributed by atoms with Crippen LogP contribution in [0.4, 0.5) is 0 Å². The van der Waals surface area contributed by atoms with Gasteiger partial charge in [-0.25, -0.2) is 4.79 Å². The second kappa shape index (κ2) is 12.6. The van der Waals surface area contributed by atoms with Gasteiger partial charge in [-0.2, -0.15) is 0 Å². The fourth-order valence-corrected chi connectivity index (χ4v) is 7.53. The monoisotopic (exact) mass is 644 g/mol. The number of likely N-dealkylation sites (N-methyl/N-ethyl adjacent to an activating group) is 1. The molecule has 2 aliphatic heterocycles. The Morgan fingerprint density at radius 2 is 1.56 bits per heavy atom. The van der Waals surface area contributed by atoms with Crippen LogP contribution >= 0.6 is 0 Å². The Labute approximate surface area is 255 Å². The van der Waals surface area contributed by atoms with Gasteiger partial charge in [0, 0.05) is 18.8 Å². The van der Waals surface area contributed by atoms with E-state index in [1.165, 1.54) is 21.7 Å². The number of hydrogen-bond donors (Lipinski definition) is 5. The van der Waals surface area contributed by atoms with Crippen molar-refractivity contribution in [2.24, 2.45) is 0 Å². The van der Waals surface area contributed by atoms with Crippen molar-refractivity contribution in [1.82, 2.24) is 19.8 Å². The summed E-state index contributed by atoms with van der Waals surface area (Å²) in [7, 11) is -3.55. The smallest absolute Gasteiger partial charge is 0.330 e. The van der Waals surface area contributed by atoms with Gasteiger partial charge in [-0.05, 0) is 43.3 Å². The lowest BCUT2D eigenvalue weighted by molar-refractivity contribution is -0.140. The average molecular weight is 645 g/mol. The van der Waals surface area contributed by atoms with Crippen molar-refractivity contribution in [3.8, 4) is 0 Å². The first-order valence-electron chi connectivity index (χ1n) is 14.8. The lowest BCUT2D eigenvalue weighted by Crippen LogP contribution is -2.60. The van der Waals surface area contributed by atoms with Gasteiger partial charge in [0.1, 0.15) is 30.5 Å². The summed E-state index contributed by atoms with van der Waals surface area (Å²) in [6.07, 6.45) is -5.25. The Hall–Kier alpha value is -1.70. The third-order valence-electron chi connectivity index (χ3n) is 9.69. The van der Waals surface area contributed by atoms with Crippen molar-refractivity contribution < 1.29 is 33.7 Å². The van der Waals surface area contributed by atoms with Gasteiger partial charge in [-0.1, -0.05) is 41.5 Å². The van der Waals surface area contributed by atoms with E-state index >= 15 is 0 Å². The number of carbonyl (C=O) groups excluding carboxylic acids is 1. The Morgan fingerprint density at radius 1 is 1.02 bits per heavy atom. The summed E-state index contributed by atoms with van der Waals surface area (Å²) in [6.45, 7) is 20.3. The number of aliphatic hydroxyl groups is 3. The highest BCUT2D eigenvalue weighted by molar-refractivity contribution is 6.74. The van der Waals surface area contributed by atoms with Crippen molar-refractivity contribution in [3.05, 3.63) is 33.1 Å². The first kappa shape index (κ1) is 35.8. The van der Waals surface area contributed by atoms with E-state index in [9.17, 15) is 29.7 Å². The quantitative estimate of drug-likeness (QED) is 0.254. The number of nitrogens with zero attached hydrogens (tertiary/aromatic N) is 2. The molecule has 5 N–H and O–H groups in total. The molecule has 0 bridgehead atoms. The largest absolute Gasteiger partial charge is 0.408 e. The third kappa shape index (κ3) is 7.41. The minimum absolute atomic E-state index is 0.00111. The van der Waals surface area contributed by atoms with E-state index in [0.717, 1.165) is 0 Å². The standard InChI is InChI=1S/C28H52N4O9Si2/c1-27(2,3)42(8,9)40-22-21(20(36)19-24(37)29-16(15-33)17(34)14-31(19)7)39-25(32-13-12-18(35)30-26(32)38)23(22)41-43(10,11)28(4,5)6/h12-13,16-17,19-23,25,33-34,36H,14-15H2,1-11H3,(H,29,37)(H,30,35,38)/t16-,17-,19-,20+,21-,22-,23-,25-/m1/s1. The first-order valence-corrected chi connectivity index (χ1v) is 20.6. The second-order valence-electron chi connectivity index (χ2n) is 14.9. The van der Waals surface area contributed by atoms with E-state index < -0.39 is 89.2 Å². The Kier molecular flexibility index (Phi) is 10.5. The highest BCUT2D eigenvalue weighted by atomic mass is 28.4. The summed E-state index contributed by atoms with van der Waals surface area (Å²) >= 11 is 0. The fourth-order valence-electron chi connectivity index (χ4n) is 4.95. The molecule has 1 amide bonds. The molecule has 246 valence electrons. The zero-order chi connectivity index (χ0) is 32.9. The van der Waals surface area contributed by atoms with Gasteiger partial charge >= 0.3 is 5.69 Å². The molecule has 1 aromatic heterocycles. The lowest BCUT2D eigenvalue weighted by Gasteiger charge is -2.44. The molecule has 3 rings (SSSR count). The average Bonchev–Trinajstić information content (AvgIpc) is 3.11. The van der Waals surface area contributed by atoms with Gasteiger partial charge in [0.15, 0.2) is 22.9 Å². The number of ether oxygens (including phenoxy) is 1. The summed E-state index contributed by atoms with van der Waals surface area (Å²) in [5.41, 5.74) is -1.28. The molecule has 2 fully saturated rings. The SMILES string of the molecule is CN1C[C@@H](O)[C@@H](CO)NC(=O)[C@H]1[C@H](O)[C@H]1O[C@@H](n2ccc(=O)[nH]c2=O)[C@H](O[Si](C)(C)C(C)(C)C)[C@@H]1O[Si](C)(C)C(C)(C)C. The molecule has 2 aliphatic rings. The van der Waals surface area contributed by atoms with E-state index in [1.807, 2.05) is 0 Å². The topological polar surface area (TPSA) is 176 Å². The molecule has 43 heavy (non-hydrogen) atoms. The second-order valence-corrected chi connectivity index (χ2v) is 24.4. The fraction of sp³-hybridized carbons (Fsp3) is 0.821. The molecule has 0 unspecified atom stereocenters. The summed E-state index contributed by atoms with van der Waals surface area (Å²) in [5, 5.41) is 34.4. The van der Waals surface area contributed by atoms with Crippen molar-refractivity contribution >= 4 is 22.5 Å². The van der Waals surface area contributed by atoms with Gasteiger partial charge in [0.05, 0.1) is 18.8 Å². The number of hydrogen-bond acceptors (Lipinski definition) is 10. The molecule has 0 aromatic carbocycles. The van der Waals surface area contributed by atoms with Gasteiger partial charge in [-0.15, -0.1) is 0 Å². The van der Waals surface area contributed by atoms with Crippen LogP contribution in [0.15, 0.2) is 21.9 Å². The van der Waals surface area contributed by atoms with Crippen LogP contribution in [0.25, 0.3) is 0 Å². The minimum Gasteiger partial charge on any atom is -0.408 e. The van der Waals surface area contributed by atoms with Gasteiger partial charge in [0.25, 0.3) is 5.56 Å². The van der Waals surface area contributed by atoms with E-state index in [0.29, 0.717) is 0 Å². The van der Waals surface area contributed by atoms with Crippen LogP contribution in [0, 0.1) is 0 Å². The van der Waals surface area contributed by atoms with Crippen LogP contribution in [0.5, 0.6) is 0 Å². The van der Waals surface area contributed by atoms with Crippen LogP contribution < -0.4 is 16.6 Å². The Morgan fingerprint density at radius 3 is 2.05 bits per heavy atom. The summed E-state index contributed by atoms with van der Waals surface area (Å²) in [5.74, 6) is -0.591. The summed E-state index contributed by atoms with van der Waals surface area (Å²) in [4.78, 5) is 42.3. The van der Waals surface area contributed by atoms with E-state index in [4.69, 9.17) is 13.6 Å². The zero-order valence-corrected chi connectivity index (χ0v) is 29.4. The Bertz CT molecular complexity index is 1260. The number of H-pyrrole nitrogens is 1. The molecule has 1 aromatic rings. The third-order valence-corrected chi connectivity index (χ3v) is 18.6. The number of aromatic amines is 1. The Balaban J connectivity index is 2.20. The number of amides is 1. The van der Waals surface area contributed by atoms with Crippen molar-refractivity contribution in [3.63, 3.8) is 0 Å². The maximum atomic E-state index is 13.4. The van der Waals surface area contributed by atoms with E-state index in [2.05, 4.69) is 78.0 Å². The van der Waals surface area contributed by atoms with Gasteiger partial charge < -0.3 is 34.2 Å². The van der Waals surface area contributed by atoms with Crippen molar-refractivity contribution in [2.45, 2.75) is 127 Å². The molecule has 3 heterocycles. The van der Waals surface area contributed by atoms with E-state index in [-0.39, 0.29) is 16.6 Å². The van der Waals surface area contributed by atoms with Crippen LogP contribution in [0.1, 0.15) is 47.8 Å². The molecule has 2 saturated heterocycles. The first-order chi connectivity index (χ1) is 19.5. The number of aromatic nitrogens is 2. The maximum Gasteiger partial charge on any atom is 0.330 e. The summed E-state index contributed by atoms with van der Waals surface area (Å²) < 4.78 is 21.7. The predicted molar refractivity (Wildman–Crippen MR) is 167 cm³/mol. The van der Waals surface area contributed by atoms with Crippen LogP contribution in [0.3, 0.4) is 0 Å². The number of aliphatic hydroxyl groups excluding tert-OH is 3. The predicted octanol–water partition coefficient (Wildman–Crippen LogP) is 0.728. The molecular weight excluding hydrogens is 592 g/mol. The molecule has 15 heteroatoms. The van der Waals surface area contributed by atoms with Crippen LogP contribution in [0.2, 0.25) is 36.3 Å². The minimum atomic E-state index is -2.58. The number of nitrogens with one attached hydrogen (secondary N) is 2. The molecule has 0 radical (unpaired) electrons. The molecule has 0 spiro atoms. The number of carbonyl (C=O) groups is 1. The molecule has 8 atom stereocenters. The zero-order valence-electron chi connectivity index (χ0n) is 27.4. The molecule has 13 nitrogen and oxygen atoms in total. The molecule has 0 aliphatic carbocycles. The van der Waals surface area contributed by atoms with Gasteiger partial charge in [0.2, 0.25) is 5.91 Å². The van der Waals surface area contributed by atoms with Crippen LogP contribution in [-0.4, -0.2) is 115 Å².